The van der Waals surface area contributed by atoms with Gasteiger partial charge in [-0.1, -0.05) is 36.4 Å². The van der Waals surface area contributed by atoms with Gasteiger partial charge >= 0.3 is 6.18 Å². The Morgan fingerprint density at radius 3 is 2.15 bits per heavy atom. The largest absolute Gasteiger partial charge is 0.416 e. The molecule has 2 aromatic rings. The third-order valence-corrected chi connectivity index (χ3v) is 4.06. The smallest absolute Gasteiger partial charge is 0.166 e. The Hall–Kier alpha value is -1.77. The first-order valence-electron chi connectivity index (χ1n) is 6.78. The summed E-state index contributed by atoms with van der Waals surface area (Å²) in [6.45, 7) is 0. The molecular weight excluding hydrogens is 261 g/mol. The number of halogens is 3. The summed E-state index contributed by atoms with van der Waals surface area (Å²) in [6, 6.07) is 13.9. The van der Waals surface area contributed by atoms with Crippen LogP contribution < -0.4 is 0 Å². The highest BCUT2D eigenvalue weighted by molar-refractivity contribution is 5.35. The Morgan fingerprint density at radius 2 is 1.50 bits per heavy atom. The van der Waals surface area contributed by atoms with Crippen LogP contribution in [0.5, 0.6) is 0 Å². The second-order valence-electron chi connectivity index (χ2n) is 5.33. The summed E-state index contributed by atoms with van der Waals surface area (Å²) in [6.07, 6.45) is -1.33. The average Bonchev–Trinajstić information content (AvgIpc) is 2.46. The van der Waals surface area contributed by atoms with Gasteiger partial charge in [0.15, 0.2) is 0 Å². The minimum atomic E-state index is -4.25. The zero-order valence-corrected chi connectivity index (χ0v) is 11.0. The normalized spacial score (nSPS) is 18.6. The van der Waals surface area contributed by atoms with Gasteiger partial charge in [-0.3, -0.25) is 0 Å². The van der Waals surface area contributed by atoms with Crippen molar-refractivity contribution in [3.8, 4) is 0 Å². The highest BCUT2D eigenvalue weighted by Crippen LogP contribution is 2.34. The minimum absolute atomic E-state index is 0.326. The summed E-state index contributed by atoms with van der Waals surface area (Å²) >= 11 is 0. The Morgan fingerprint density at radius 1 is 0.850 bits per heavy atom. The third kappa shape index (κ3) is 2.58. The molecule has 2 aromatic carbocycles. The number of fused-ring (bicyclic) bond motifs is 1. The lowest BCUT2D eigenvalue weighted by Crippen LogP contribution is -2.13. The molecule has 0 radical (unpaired) electrons. The summed E-state index contributed by atoms with van der Waals surface area (Å²) in [7, 11) is 0. The molecule has 0 saturated heterocycles. The first kappa shape index (κ1) is 13.2. The van der Waals surface area contributed by atoms with Gasteiger partial charge in [-0.25, -0.2) is 0 Å². The van der Waals surface area contributed by atoms with E-state index >= 15 is 0 Å². The second kappa shape index (κ2) is 4.97. The number of hydrogen-bond donors (Lipinski definition) is 0. The molecule has 3 rings (SSSR count). The van der Waals surface area contributed by atoms with E-state index in [1.165, 1.54) is 23.3 Å². The summed E-state index contributed by atoms with van der Waals surface area (Å²) in [4.78, 5) is 0. The van der Waals surface area contributed by atoms with Crippen LogP contribution in [-0.2, 0) is 19.0 Å². The lowest BCUT2D eigenvalue weighted by atomic mass is 9.80. The maximum Gasteiger partial charge on any atom is 0.416 e. The second-order valence-corrected chi connectivity index (χ2v) is 5.33. The maximum atomic E-state index is 12.6. The van der Waals surface area contributed by atoms with Crippen LogP contribution in [0.1, 0.15) is 34.6 Å². The van der Waals surface area contributed by atoms with Crippen molar-refractivity contribution in [1.29, 1.82) is 0 Å². The molecule has 104 valence electrons. The standard InChI is InChI=1S/C17H15F3/c18-17(19,20)16-9-7-13(8-10-16)15-6-5-12-3-1-2-4-14(12)11-15/h1-4,7-10,15H,5-6,11H2. The van der Waals surface area contributed by atoms with Gasteiger partial charge in [0.05, 0.1) is 5.56 Å². The van der Waals surface area contributed by atoms with Crippen LogP contribution in [0.4, 0.5) is 13.2 Å². The Bertz CT molecular complexity index is 596. The molecule has 0 heterocycles. The van der Waals surface area contributed by atoms with Crippen molar-refractivity contribution in [2.45, 2.75) is 31.4 Å². The van der Waals surface area contributed by atoms with E-state index in [0.29, 0.717) is 5.92 Å². The van der Waals surface area contributed by atoms with E-state index in [1.807, 2.05) is 12.1 Å². The minimum Gasteiger partial charge on any atom is -0.166 e. The van der Waals surface area contributed by atoms with Gasteiger partial charge in [-0.05, 0) is 54.0 Å². The van der Waals surface area contributed by atoms with Gasteiger partial charge in [0.2, 0.25) is 0 Å². The van der Waals surface area contributed by atoms with Crippen LogP contribution in [0.15, 0.2) is 48.5 Å². The van der Waals surface area contributed by atoms with Crippen molar-refractivity contribution >= 4 is 0 Å². The number of benzene rings is 2. The van der Waals surface area contributed by atoms with Crippen LogP contribution in [0.3, 0.4) is 0 Å². The molecule has 1 aliphatic carbocycles. The third-order valence-electron chi connectivity index (χ3n) is 4.06. The first-order valence-corrected chi connectivity index (χ1v) is 6.78. The molecular formula is C17H15F3. The van der Waals surface area contributed by atoms with Crippen molar-refractivity contribution in [2.24, 2.45) is 0 Å². The van der Waals surface area contributed by atoms with Crippen LogP contribution in [0, 0.1) is 0 Å². The molecule has 0 aliphatic heterocycles. The molecule has 0 nitrogen and oxygen atoms in total. The van der Waals surface area contributed by atoms with Crippen molar-refractivity contribution < 1.29 is 13.2 Å². The predicted octanol–water partition coefficient (Wildman–Crippen LogP) is 4.98. The van der Waals surface area contributed by atoms with Crippen molar-refractivity contribution in [3.05, 3.63) is 70.8 Å². The molecule has 20 heavy (non-hydrogen) atoms. The van der Waals surface area contributed by atoms with Crippen LogP contribution >= 0.6 is 0 Å². The van der Waals surface area contributed by atoms with Gasteiger partial charge < -0.3 is 0 Å². The summed E-state index contributed by atoms with van der Waals surface area (Å²) in [5.41, 5.74) is 3.13. The monoisotopic (exact) mass is 276 g/mol. The van der Waals surface area contributed by atoms with Crippen molar-refractivity contribution in [2.75, 3.05) is 0 Å². The molecule has 0 spiro atoms. The lowest BCUT2D eigenvalue weighted by Gasteiger charge is -2.25. The summed E-state index contributed by atoms with van der Waals surface area (Å²) in [5, 5.41) is 0. The zero-order valence-electron chi connectivity index (χ0n) is 11.0. The topological polar surface area (TPSA) is 0 Å². The Balaban J connectivity index is 1.81. The number of hydrogen-bond acceptors (Lipinski definition) is 0. The Labute approximate surface area is 116 Å². The van der Waals surface area contributed by atoms with E-state index in [4.69, 9.17) is 0 Å². The van der Waals surface area contributed by atoms with E-state index < -0.39 is 11.7 Å². The van der Waals surface area contributed by atoms with E-state index in [-0.39, 0.29) is 0 Å². The fourth-order valence-electron chi connectivity index (χ4n) is 2.93. The van der Waals surface area contributed by atoms with Crippen LogP contribution in [0.2, 0.25) is 0 Å². The molecule has 3 heteroatoms. The van der Waals surface area contributed by atoms with Crippen molar-refractivity contribution in [1.82, 2.24) is 0 Å². The maximum absolute atomic E-state index is 12.6. The van der Waals surface area contributed by atoms with E-state index in [9.17, 15) is 13.2 Å². The summed E-state index contributed by atoms with van der Waals surface area (Å²) in [5.74, 6) is 0.326. The van der Waals surface area contributed by atoms with Gasteiger partial charge in [0, 0.05) is 0 Å². The SMILES string of the molecule is FC(F)(F)c1ccc(C2CCc3ccccc3C2)cc1. The first-order chi connectivity index (χ1) is 9.54. The molecule has 1 unspecified atom stereocenters. The fraction of sp³-hybridized carbons (Fsp3) is 0.294. The average molecular weight is 276 g/mol. The molecule has 0 aromatic heterocycles. The number of aryl methyl sites for hydroxylation is 1. The van der Waals surface area contributed by atoms with Gasteiger partial charge in [-0.15, -0.1) is 0 Å². The summed E-state index contributed by atoms with van der Waals surface area (Å²) < 4.78 is 37.7. The van der Waals surface area contributed by atoms with E-state index in [1.54, 1.807) is 12.1 Å². The quantitative estimate of drug-likeness (QED) is 0.689. The molecule has 1 aliphatic rings. The Kier molecular flexibility index (Phi) is 3.28. The molecule has 0 N–H and O–H groups in total. The van der Waals surface area contributed by atoms with Gasteiger partial charge in [-0.2, -0.15) is 13.2 Å². The highest BCUT2D eigenvalue weighted by atomic mass is 19.4. The van der Waals surface area contributed by atoms with Gasteiger partial charge in [0.1, 0.15) is 0 Å². The number of rotatable bonds is 1. The van der Waals surface area contributed by atoms with Crippen LogP contribution in [0.25, 0.3) is 0 Å². The number of alkyl halides is 3. The van der Waals surface area contributed by atoms with Gasteiger partial charge in [0.25, 0.3) is 0 Å². The molecule has 0 amide bonds. The molecule has 1 atom stereocenters. The molecule has 0 bridgehead atoms. The molecule has 0 fully saturated rings. The van der Waals surface area contributed by atoms with Crippen LogP contribution in [-0.4, -0.2) is 0 Å². The van der Waals surface area contributed by atoms with E-state index in [2.05, 4.69) is 12.1 Å². The van der Waals surface area contributed by atoms with E-state index in [0.717, 1.165) is 24.8 Å². The fourth-order valence-corrected chi connectivity index (χ4v) is 2.93. The zero-order chi connectivity index (χ0) is 14.2. The lowest BCUT2D eigenvalue weighted by molar-refractivity contribution is -0.137. The highest BCUT2D eigenvalue weighted by Gasteiger charge is 2.30. The predicted molar refractivity (Wildman–Crippen MR) is 72.7 cm³/mol. The van der Waals surface area contributed by atoms with Crippen molar-refractivity contribution in [3.63, 3.8) is 0 Å². The molecule has 0 saturated carbocycles.